The number of amides is 1. The molecule has 0 spiro atoms. The van der Waals surface area contributed by atoms with Crippen LogP contribution >= 0.6 is 22.6 Å². The first-order valence-corrected chi connectivity index (χ1v) is 7.68. The van der Waals surface area contributed by atoms with Crippen molar-refractivity contribution in [1.29, 1.82) is 0 Å². The molecule has 116 valence electrons. The summed E-state index contributed by atoms with van der Waals surface area (Å²) in [4.78, 5) is 13.6. The maximum atomic E-state index is 12.0. The average Bonchev–Trinajstić information content (AvgIpc) is 2.39. The molecule has 1 aromatic rings. The van der Waals surface area contributed by atoms with Crippen molar-refractivity contribution in [2.75, 3.05) is 24.7 Å². The molecular weight excluding hydrogens is 398 g/mol. The molecule has 0 radical (unpaired) electrons. The van der Waals surface area contributed by atoms with Gasteiger partial charge in [-0.3, -0.25) is 4.79 Å². The molecule has 0 saturated carbocycles. The fraction of sp³-hybridized carbons (Fsp3) is 0.500. The lowest BCUT2D eigenvalue weighted by molar-refractivity contribution is -0.173. The Balaban J connectivity index is 1.90. The second-order valence-electron chi connectivity index (χ2n) is 4.84. The molecule has 3 nitrogen and oxygen atoms in total. The number of nitrogens with zero attached hydrogens (tertiary/aromatic N) is 1. The van der Waals surface area contributed by atoms with E-state index in [4.69, 9.17) is 0 Å². The summed E-state index contributed by atoms with van der Waals surface area (Å²) in [6.45, 7) is -0.872. The molecule has 21 heavy (non-hydrogen) atoms. The molecule has 0 saturated heterocycles. The second kappa shape index (κ2) is 6.95. The smallest absolute Gasteiger partial charge is 0.372 e. The maximum absolute atomic E-state index is 12.0. The molecule has 0 aliphatic carbocycles. The van der Waals surface area contributed by atoms with Crippen LogP contribution in [0.4, 0.5) is 18.9 Å². The van der Waals surface area contributed by atoms with Crippen molar-refractivity contribution >= 4 is 34.2 Å². The molecule has 1 aliphatic rings. The summed E-state index contributed by atoms with van der Waals surface area (Å²) in [6.07, 6.45) is -2.76. The van der Waals surface area contributed by atoms with Crippen LogP contribution in [0, 0.1) is 3.57 Å². The van der Waals surface area contributed by atoms with E-state index in [-0.39, 0.29) is 12.5 Å². The highest BCUT2D eigenvalue weighted by atomic mass is 127. The Morgan fingerprint density at radius 2 is 2.05 bits per heavy atom. The van der Waals surface area contributed by atoms with Gasteiger partial charge >= 0.3 is 6.18 Å². The topological polar surface area (TPSA) is 29.5 Å². The third-order valence-electron chi connectivity index (χ3n) is 3.18. The first-order chi connectivity index (χ1) is 9.87. The van der Waals surface area contributed by atoms with E-state index in [0.717, 1.165) is 14.8 Å². The van der Waals surface area contributed by atoms with Crippen LogP contribution < -0.4 is 4.90 Å². The highest BCUT2D eigenvalue weighted by Gasteiger charge is 2.27. The predicted molar refractivity (Wildman–Crippen MR) is 81.3 cm³/mol. The van der Waals surface area contributed by atoms with Gasteiger partial charge in [-0.1, -0.05) is 0 Å². The molecule has 7 heteroatoms. The zero-order valence-electron chi connectivity index (χ0n) is 11.3. The lowest BCUT2D eigenvalue weighted by Gasteiger charge is -2.29. The van der Waals surface area contributed by atoms with Crippen molar-refractivity contribution in [3.8, 4) is 0 Å². The summed E-state index contributed by atoms with van der Waals surface area (Å²) in [5.41, 5.74) is 1.97. The first-order valence-electron chi connectivity index (χ1n) is 6.60. The number of hydrogen-bond acceptors (Lipinski definition) is 2. The number of aryl methyl sites for hydroxylation is 1. The van der Waals surface area contributed by atoms with E-state index >= 15 is 0 Å². The molecule has 0 N–H and O–H groups in total. The van der Waals surface area contributed by atoms with E-state index in [1.807, 2.05) is 18.2 Å². The molecule has 2 rings (SSSR count). The number of carbonyl (C=O) groups excluding carboxylic acids is 1. The maximum Gasteiger partial charge on any atom is 0.411 e. The third-order valence-corrected chi connectivity index (χ3v) is 3.85. The lowest BCUT2D eigenvalue weighted by Crippen LogP contribution is -2.36. The van der Waals surface area contributed by atoms with Gasteiger partial charge < -0.3 is 9.64 Å². The molecule has 0 aromatic heterocycles. The Kier molecular flexibility index (Phi) is 5.48. The van der Waals surface area contributed by atoms with Crippen LogP contribution in [-0.2, 0) is 16.0 Å². The van der Waals surface area contributed by atoms with E-state index in [2.05, 4.69) is 27.3 Å². The Hall–Kier alpha value is -0.830. The molecule has 0 fully saturated rings. The largest absolute Gasteiger partial charge is 0.411 e. The van der Waals surface area contributed by atoms with Crippen LogP contribution in [0.3, 0.4) is 0 Å². The van der Waals surface area contributed by atoms with E-state index in [1.165, 1.54) is 0 Å². The molecule has 1 amide bonds. The van der Waals surface area contributed by atoms with Crippen LogP contribution in [0.15, 0.2) is 18.2 Å². The van der Waals surface area contributed by atoms with E-state index in [9.17, 15) is 18.0 Å². The number of anilines is 1. The number of alkyl halides is 3. The number of hydrogen-bond donors (Lipinski definition) is 0. The fourth-order valence-corrected chi connectivity index (χ4v) is 2.84. The Labute approximate surface area is 134 Å². The normalized spacial score (nSPS) is 15.2. The summed E-state index contributed by atoms with van der Waals surface area (Å²) in [7, 11) is 0. The van der Waals surface area contributed by atoms with Gasteiger partial charge in [-0.05, 0) is 59.2 Å². The van der Waals surface area contributed by atoms with E-state index in [0.29, 0.717) is 25.8 Å². The van der Waals surface area contributed by atoms with Crippen LogP contribution in [0.25, 0.3) is 0 Å². The summed E-state index contributed by atoms with van der Waals surface area (Å²) in [6, 6.07) is 5.85. The van der Waals surface area contributed by atoms with Crippen molar-refractivity contribution < 1.29 is 22.7 Å². The van der Waals surface area contributed by atoms with Gasteiger partial charge in [0.2, 0.25) is 5.91 Å². The highest BCUT2D eigenvalue weighted by molar-refractivity contribution is 14.1. The van der Waals surface area contributed by atoms with Crippen LogP contribution in [-0.4, -0.2) is 31.8 Å². The third kappa shape index (κ3) is 4.84. The van der Waals surface area contributed by atoms with Gasteiger partial charge in [0.25, 0.3) is 0 Å². The number of benzene rings is 1. The number of carbonyl (C=O) groups is 1. The number of halogens is 4. The number of ether oxygens (including phenoxy) is 1. The minimum atomic E-state index is -4.30. The quantitative estimate of drug-likeness (QED) is 0.546. The van der Waals surface area contributed by atoms with Crippen molar-refractivity contribution in [3.63, 3.8) is 0 Å². The highest BCUT2D eigenvalue weighted by Crippen LogP contribution is 2.29. The SMILES string of the molecule is O=C1CCc2cc(I)ccc2N1CCCOCC(F)(F)F. The zero-order chi connectivity index (χ0) is 15.5. The second-order valence-corrected chi connectivity index (χ2v) is 6.09. The Bertz CT molecular complexity index is 519. The average molecular weight is 413 g/mol. The summed E-state index contributed by atoms with van der Waals surface area (Å²) < 4.78 is 41.5. The fourth-order valence-electron chi connectivity index (χ4n) is 2.29. The van der Waals surface area contributed by atoms with Gasteiger partial charge in [0.1, 0.15) is 6.61 Å². The number of fused-ring (bicyclic) bond motifs is 1. The van der Waals surface area contributed by atoms with E-state index in [1.54, 1.807) is 4.90 Å². The van der Waals surface area contributed by atoms with Crippen LogP contribution in [0.1, 0.15) is 18.4 Å². The predicted octanol–water partition coefficient (Wildman–Crippen LogP) is 3.54. The van der Waals surface area contributed by atoms with Crippen LogP contribution in [0.2, 0.25) is 0 Å². The van der Waals surface area contributed by atoms with Crippen molar-refractivity contribution in [2.24, 2.45) is 0 Å². The standard InChI is InChI=1S/C14H15F3INO2/c15-14(16,17)9-21-7-1-6-19-12-4-3-11(18)8-10(12)2-5-13(19)20/h3-4,8H,1-2,5-7,9H2. The van der Waals surface area contributed by atoms with Crippen molar-refractivity contribution in [1.82, 2.24) is 0 Å². The Morgan fingerprint density at radius 3 is 2.76 bits per heavy atom. The molecule has 0 atom stereocenters. The summed E-state index contributed by atoms with van der Waals surface area (Å²) in [5.74, 6) is 0.0135. The van der Waals surface area contributed by atoms with Gasteiger partial charge in [-0.15, -0.1) is 0 Å². The van der Waals surface area contributed by atoms with Crippen molar-refractivity contribution in [2.45, 2.75) is 25.4 Å². The minimum Gasteiger partial charge on any atom is -0.372 e. The van der Waals surface area contributed by atoms with Gasteiger partial charge in [-0.2, -0.15) is 13.2 Å². The molecule has 0 bridgehead atoms. The van der Waals surface area contributed by atoms with Gasteiger partial charge in [0.15, 0.2) is 0 Å². The van der Waals surface area contributed by atoms with Gasteiger partial charge in [0, 0.05) is 28.8 Å². The molecule has 1 heterocycles. The number of rotatable bonds is 5. The molecule has 0 unspecified atom stereocenters. The van der Waals surface area contributed by atoms with Crippen molar-refractivity contribution in [3.05, 3.63) is 27.3 Å². The lowest BCUT2D eigenvalue weighted by atomic mass is 10.0. The van der Waals surface area contributed by atoms with Crippen LogP contribution in [0.5, 0.6) is 0 Å². The molecule has 1 aromatic carbocycles. The first kappa shape index (κ1) is 16.5. The summed E-state index contributed by atoms with van der Waals surface area (Å²) in [5, 5.41) is 0. The van der Waals surface area contributed by atoms with E-state index < -0.39 is 12.8 Å². The molecule has 1 aliphatic heterocycles. The summed E-state index contributed by atoms with van der Waals surface area (Å²) >= 11 is 2.22. The molecular formula is C14H15F3INO2. The van der Waals surface area contributed by atoms with Gasteiger partial charge in [-0.25, -0.2) is 0 Å². The minimum absolute atomic E-state index is 0.0109. The monoisotopic (exact) mass is 413 g/mol. The zero-order valence-corrected chi connectivity index (χ0v) is 13.4. The Morgan fingerprint density at radius 1 is 1.29 bits per heavy atom. The van der Waals surface area contributed by atoms with Gasteiger partial charge in [0.05, 0.1) is 0 Å².